The maximum Gasteiger partial charge on any atom is 0.307 e. The van der Waals surface area contributed by atoms with Gasteiger partial charge in [0, 0.05) is 10.9 Å². The summed E-state index contributed by atoms with van der Waals surface area (Å²) in [6.45, 7) is 0. The van der Waals surface area contributed by atoms with Crippen molar-refractivity contribution in [3.8, 4) is 0 Å². The third-order valence-corrected chi connectivity index (χ3v) is 3.30. The number of aliphatic carboxylic acids is 1. The molecule has 0 amide bonds. The van der Waals surface area contributed by atoms with Crippen LogP contribution >= 0.6 is 15.9 Å². The van der Waals surface area contributed by atoms with Gasteiger partial charge in [-0.3, -0.25) is 4.79 Å². The summed E-state index contributed by atoms with van der Waals surface area (Å²) in [5.74, 6) is -0.550. The minimum Gasteiger partial charge on any atom is -0.481 e. The first-order valence-corrected chi connectivity index (χ1v) is 6.44. The minimum absolute atomic E-state index is 0.415. The van der Waals surface area contributed by atoms with E-state index in [4.69, 9.17) is 4.42 Å². The summed E-state index contributed by atoms with van der Waals surface area (Å²) in [7, 11) is 0. The quantitative estimate of drug-likeness (QED) is 0.919. The van der Waals surface area contributed by atoms with Gasteiger partial charge in [0.1, 0.15) is 5.76 Å². The molecule has 0 fully saturated rings. The summed E-state index contributed by atoms with van der Waals surface area (Å²) >= 11 is 3.36. The summed E-state index contributed by atoms with van der Waals surface area (Å²) in [5.41, 5.74) is 1.01. The molecule has 1 aromatic carbocycles. The molecule has 1 aromatic heterocycles. The van der Waals surface area contributed by atoms with Gasteiger partial charge in [0.25, 0.3) is 0 Å². The standard InChI is InChI=1S/C14H13BrO3/c15-12-5-3-10(4-6-12)8-11(14(16)17)9-13-2-1-7-18-13/h1-7,11H,8-9H2,(H,16,17). The van der Waals surface area contributed by atoms with E-state index >= 15 is 0 Å². The first-order valence-electron chi connectivity index (χ1n) is 5.65. The highest BCUT2D eigenvalue weighted by Gasteiger charge is 2.19. The largest absolute Gasteiger partial charge is 0.481 e. The van der Waals surface area contributed by atoms with Crippen LogP contribution in [0, 0.1) is 5.92 Å². The second-order valence-electron chi connectivity index (χ2n) is 4.15. The van der Waals surface area contributed by atoms with Gasteiger partial charge in [-0.25, -0.2) is 0 Å². The predicted molar refractivity (Wildman–Crippen MR) is 71.4 cm³/mol. The van der Waals surface area contributed by atoms with Gasteiger partial charge in [0.15, 0.2) is 0 Å². The Bertz CT molecular complexity index is 502. The van der Waals surface area contributed by atoms with Crippen LogP contribution in [0.1, 0.15) is 11.3 Å². The van der Waals surface area contributed by atoms with Gasteiger partial charge in [-0.1, -0.05) is 28.1 Å². The highest BCUT2D eigenvalue weighted by molar-refractivity contribution is 9.10. The van der Waals surface area contributed by atoms with E-state index in [1.165, 1.54) is 0 Å². The SMILES string of the molecule is O=C(O)C(Cc1ccc(Br)cc1)Cc1ccco1. The third-order valence-electron chi connectivity index (χ3n) is 2.77. The van der Waals surface area contributed by atoms with Gasteiger partial charge >= 0.3 is 5.97 Å². The van der Waals surface area contributed by atoms with Gasteiger partial charge in [-0.05, 0) is 36.2 Å². The van der Waals surface area contributed by atoms with Crippen molar-refractivity contribution in [2.45, 2.75) is 12.8 Å². The summed E-state index contributed by atoms with van der Waals surface area (Å²) < 4.78 is 6.19. The van der Waals surface area contributed by atoms with Crippen LogP contribution in [0.2, 0.25) is 0 Å². The van der Waals surface area contributed by atoms with E-state index < -0.39 is 11.9 Å². The fraction of sp³-hybridized carbons (Fsp3) is 0.214. The molecule has 1 heterocycles. The Kier molecular flexibility index (Phi) is 4.20. The third kappa shape index (κ3) is 3.47. The second-order valence-corrected chi connectivity index (χ2v) is 5.06. The van der Waals surface area contributed by atoms with E-state index in [0.29, 0.717) is 18.6 Å². The molecule has 94 valence electrons. The Hall–Kier alpha value is -1.55. The molecule has 0 saturated carbocycles. The molecule has 3 nitrogen and oxygen atoms in total. The van der Waals surface area contributed by atoms with Crippen LogP contribution in [0.25, 0.3) is 0 Å². The number of carbonyl (C=O) groups is 1. The Morgan fingerprint density at radius 2 is 1.94 bits per heavy atom. The Morgan fingerprint density at radius 1 is 1.22 bits per heavy atom. The minimum atomic E-state index is -0.797. The molecule has 0 aliphatic rings. The molecular formula is C14H13BrO3. The molecule has 0 bridgehead atoms. The topological polar surface area (TPSA) is 50.4 Å². The summed E-state index contributed by atoms with van der Waals surface area (Å²) in [6, 6.07) is 11.3. The molecule has 0 aliphatic heterocycles. The number of furan rings is 1. The van der Waals surface area contributed by atoms with Crippen LogP contribution in [-0.4, -0.2) is 11.1 Å². The van der Waals surface area contributed by atoms with Crippen molar-refractivity contribution in [2.75, 3.05) is 0 Å². The molecular weight excluding hydrogens is 296 g/mol. The fourth-order valence-corrected chi connectivity index (χ4v) is 2.09. The molecule has 18 heavy (non-hydrogen) atoms. The molecule has 1 N–H and O–H groups in total. The van der Waals surface area contributed by atoms with Crippen LogP contribution in [0.15, 0.2) is 51.6 Å². The smallest absolute Gasteiger partial charge is 0.307 e. The van der Waals surface area contributed by atoms with E-state index in [2.05, 4.69) is 15.9 Å². The molecule has 2 aromatic rings. The van der Waals surface area contributed by atoms with Crippen molar-refractivity contribution in [1.82, 2.24) is 0 Å². The zero-order valence-electron chi connectivity index (χ0n) is 9.67. The zero-order valence-corrected chi connectivity index (χ0v) is 11.3. The first kappa shape index (κ1) is 12.9. The van der Waals surface area contributed by atoms with E-state index in [9.17, 15) is 9.90 Å². The van der Waals surface area contributed by atoms with Gasteiger partial charge in [-0.2, -0.15) is 0 Å². The zero-order chi connectivity index (χ0) is 13.0. The Morgan fingerprint density at radius 3 is 2.50 bits per heavy atom. The molecule has 2 rings (SSSR count). The summed E-state index contributed by atoms with van der Waals surface area (Å²) in [6.07, 6.45) is 2.48. The molecule has 0 aliphatic carbocycles. The normalized spacial score (nSPS) is 12.3. The lowest BCUT2D eigenvalue weighted by Crippen LogP contribution is -2.18. The number of carboxylic acid groups (broad SMARTS) is 1. The molecule has 1 unspecified atom stereocenters. The number of rotatable bonds is 5. The maximum atomic E-state index is 11.2. The number of hydrogen-bond donors (Lipinski definition) is 1. The lowest BCUT2D eigenvalue weighted by atomic mass is 9.95. The van der Waals surface area contributed by atoms with Crippen molar-refractivity contribution in [3.63, 3.8) is 0 Å². The lowest BCUT2D eigenvalue weighted by molar-refractivity contribution is -0.141. The van der Waals surface area contributed by atoms with Gasteiger partial charge < -0.3 is 9.52 Å². The number of halogens is 1. The molecule has 1 atom stereocenters. The molecule has 4 heteroatoms. The summed E-state index contributed by atoms with van der Waals surface area (Å²) in [5, 5.41) is 9.24. The van der Waals surface area contributed by atoms with Gasteiger partial charge in [0.05, 0.1) is 12.2 Å². The van der Waals surface area contributed by atoms with E-state index in [1.807, 2.05) is 24.3 Å². The van der Waals surface area contributed by atoms with Crippen LogP contribution in [0.4, 0.5) is 0 Å². The molecule has 0 radical (unpaired) electrons. The Balaban J connectivity index is 2.06. The number of benzene rings is 1. The first-order chi connectivity index (χ1) is 8.65. The van der Waals surface area contributed by atoms with Crippen molar-refractivity contribution < 1.29 is 14.3 Å². The number of carboxylic acids is 1. The van der Waals surface area contributed by atoms with E-state index in [1.54, 1.807) is 18.4 Å². The predicted octanol–water partition coefficient (Wildman–Crippen LogP) is 3.53. The van der Waals surface area contributed by atoms with Crippen LogP contribution < -0.4 is 0 Å². The van der Waals surface area contributed by atoms with E-state index in [-0.39, 0.29) is 0 Å². The van der Waals surface area contributed by atoms with Gasteiger partial charge in [0.2, 0.25) is 0 Å². The monoisotopic (exact) mass is 308 g/mol. The lowest BCUT2D eigenvalue weighted by Gasteiger charge is -2.10. The average molecular weight is 309 g/mol. The highest BCUT2D eigenvalue weighted by atomic mass is 79.9. The van der Waals surface area contributed by atoms with Crippen molar-refractivity contribution >= 4 is 21.9 Å². The van der Waals surface area contributed by atoms with E-state index in [0.717, 1.165) is 10.0 Å². The Labute approximate surface area is 114 Å². The van der Waals surface area contributed by atoms with Crippen molar-refractivity contribution in [1.29, 1.82) is 0 Å². The fourth-order valence-electron chi connectivity index (χ4n) is 1.82. The number of hydrogen-bond acceptors (Lipinski definition) is 2. The molecule has 0 spiro atoms. The van der Waals surface area contributed by atoms with Crippen molar-refractivity contribution in [3.05, 3.63) is 58.5 Å². The van der Waals surface area contributed by atoms with Crippen LogP contribution in [0.5, 0.6) is 0 Å². The maximum absolute atomic E-state index is 11.2. The van der Waals surface area contributed by atoms with Gasteiger partial charge in [-0.15, -0.1) is 0 Å². The second kappa shape index (κ2) is 5.87. The highest BCUT2D eigenvalue weighted by Crippen LogP contribution is 2.17. The average Bonchev–Trinajstić information content (AvgIpc) is 2.84. The van der Waals surface area contributed by atoms with Crippen LogP contribution in [0.3, 0.4) is 0 Å². The van der Waals surface area contributed by atoms with Crippen molar-refractivity contribution in [2.24, 2.45) is 5.92 Å². The molecule has 0 saturated heterocycles. The summed E-state index contributed by atoms with van der Waals surface area (Å²) in [4.78, 5) is 11.2. The van der Waals surface area contributed by atoms with Crippen LogP contribution in [-0.2, 0) is 17.6 Å².